The van der Waals surface area contributed by atoms with E-state index in [1.165, 1.54) is 37.7 Å². The fraction of sp³-hybridized carbons (Fsp3) is 0.158. The summed E-state index contributed by atoms with van der Waals surface area (Å²) in [6, 6.07) is 11.0. The third-order valence-electron chi connectivity index (χ3n) is 3.97. The summed E-state index contributed by atoms with van der Waals surface area (Å²) in [4.78, 5) is 12.1. The summed E-state index contributed by atoms with van der Waals surface area (Å²) in [6.07, 6.45) is 1.65. The van der Waals surface area contributed by atoms with Crippen molar-refractivity contribution in [1.29, 1.82) is 0 Å². The number of sulfonamides is 1. The number of methoxy groups -OCH3 is 2. The summed E-state index contributed by atoms with van der Waals surface area (Å²) < 4.78 is 41.7. The van der Waals surface area contributed by atoms with Crippen LogP contribution in [0.2, 0.25) is 0 Å². The fourth-order valence-corrected chi connectivity index (χ4v) is 4.88. The molecule has 0 fully saturated rings. The SMILES string of the molecule is C=CCn1/c(=N/S(=O)(=O)c2ccc(OC)cc2)sc2cc(C(=O)OC)ccc21. The van der Waals surface area contributed by atoms with E-state index in [1.54, 1.807) is 41.0 Å². The Morgan fingerprint density at radius 2 is 1.93 bits per heavy atom. The lowest BCUT2D eigenvalue weighted by molar-refractivity contribution is 0.0601. The number of rotatable bonds is 6. The van der Waals surface area contributed by atoms with Crippen LogP contribution in [0, 0.1) is 0 Å². The third kappa shape index (κ3) is 3.85. The molecule has 0 radical (unpaired) electrons. The van der Waals surface area contributed by atoms with Crippen molar-refractivity contribution < 1.29 is 22.7 Å². The number of nitrogens with zero attached hydrogens (tertiary/aromatic N) is 2. The molecular weight excluding hydrogens is 400 g/mol. The molecule has 3 aromatic rings. The first-order valence-electron chi connectivity index (χ1n) is 8.17. The monoisotopic (exact) mass is 418 g/mol. The molecule has 3 rings (SSSR count). The minimum atomic E-state index is -3.92. The Balaban J connectivity index is 2.17. The maximum Gasteiger partial charge on any atom is 0.337 e. The summed E-state index contributed by atoms with van der Waals surface area (Å²) in [5.74, 6) is 0.0905. The van der Waals surface area contributed by atoms with E-state index in [9.17, 15) is 13.2 Å². The van der Waals surface area contributed by atoms with Crippen LogP contribution in [0.1, 0.15) is 10.4 Å². The molecule has 0 aliphatic heterocycles. The Hall–Kier alpha value is -2.91. The van der Waals surface area contributed by atoms with Gasteiger partial charge in [0.25, 0.3) is 10.0 Å². The average Bonchev–Trinajstić information content (AvgIpc) is 3.03. The lowest BCUT2D eigenvalue weighted by atomic mass is 10.2. The molecule has 0 spiro atoms. The molecule has 0 N–H and O–H groups in total. The van der Waals surface area contributed by atoms with Gasteiger partial charge < -0.3 is 14.0 Å². The van der Waals surface area contributed by atoms with E-state index >= 15 is 0 Å². The second-order valence-electron chi connectivity index (χ2n) is 5.70. The van der Waals surface area contributed by atoms with Crippen LogP contribution >= 0.6 is 11.3 Å². The molecule has 0 atom stereocenters. The Kier molecular flexibility index (Phi) is 5.66. The van der Waals surface area contributed by atoms with Gasteiger partial charge in [-0.1, -0.05) is 17.4 Å². The van der Waals surface area contributed by atoms with Crippen molar-refractivity contribution >= 4 is 37.5 Å². The van der Waals surface area contributed by atoms with Crippen molar-refractivity contribution in [3.8, 4) is 5.75 Å². The molecule has 0 saturated carbocycles. The van der Waals surface area contributed by atoms with E-state index in [1.807, 2.05) is 0 Å². The maximum absolute atomic E-state index is 12.7. The number of carbonyl (C=O) groups excluding carboxylic acids is 1. The van der Waals surface area contributed by atoms with Crippen molar-refractivity contribution in [2.75, 3.05) is 14.2 Å². The zero-order chi connectivity index (χ0) is 20.3. The number of fused-ring (bicyclic) bond motifs is 1. The van der Waals surface area contributed by atoms with Crippen molar-refractivity contribution in [3.05, 3.63) is 65.5 Å². The lowest BCUT2D eigenvalue weighted by Gasteiger charge is -2.03. The molecule has 0 aliphatic rings. The highest BCUT2D eigenvalue weighted by molar-refractivity contribution is 7.90. The number of hydrogen-bond acceptors (Lipinski definition) is 6. The van der Waals surface area contributed by atoms with E-state index in [0.717, 1.165) is 5.52 Å². The summed E-state index contributed by atoms with van der Waals surface area (Å²) in [7, 11) is -1.11. The zero-order valence-corrected chi connectivity index (χ0v) is 16.9. The van der Waals surface area contributed by atoms with E-state index in [-0.39, 0.29) is 9.70 Å². The highest BCUT2D eigenvalue weighted by atomic mass is 32.2. The molecule has 0 amide bonds. The number of benzene rings is 2. The van der Waals surface area contributed by atoms with Crippen molar-refractivity contribution in [1.82, 2.24) is 4.57 Å². The largest absolute Gasteiger partial charge is 0.497 e. The van der Waals surface area contributed by atoms with Gasteiger partial charge in [-0.2, -0.15) is 8.42 Å². The molecule has 1 heterocycles. The Bertz CT molecular complexity index is 1210. The molecule has 28 heavy (non-hydrogen) atoms. The number of thiazole rings is 1. The first-order chi connectivity index (χ1) is 13.4. The second-order valence-corrected chi connectivity index (χ2v) is 8.31. The van der Waals surface area contributed by atoms with Crippen LogP contribution in [0.5, 0.6) is 5.75 Å². The van der Waals surface area contributed by atoms with E-state index < -0.39 is 16.0 Å². The van der Waals surface area contributed by atoms with Crippen molar-refractivity contribution in [3.63, 3.8) is 0 Å². The quantitative estimate of drug-likeness (QED) is 0.454. The third-order valence-corrected chi connectivity index (χ3v) is 6.41. The number of carbonyl (C=O) groups is 1. The first kappa shape index (κ1) is 19.8. The Morgan fingerprint density at radius 1 is 1.21 bits per heavy atom. The molecule has 7 nitrogen and oxygen atoms in total. The van der Waals surface area contributed by atoms with Gasteiger partial charge in [0.15, 0.2) is 0 Å². The normalized spacial score (nSPS) is 12.1. The molecule has 0 aliphatic carbocycles. The minimum Gasteiger partial charge on any atom is -0.497 e. The maximum atomic E-state index is 12.7. The Morgan fingerprint density at radius 3 is 2.54 bits per heavy atom. The van der Waals surface area contributed by atoms with Crippen molar-refractivity contribution in [2.24, 2.45) is 4.40 Å². The van der Waals surface area contributed by atoms with Crippen LogP contribution in [-0.4, -0.2) is 33.2 Å². The number of aromatic nitrogens is 1. The second kappa shape index (κ2) is 7.99. The van der Waals surface area contributed by atoms with E-state index in [4.69, 9.17) is 9.47 Å². The zero-order valence-electron chi connectivity index (χ0n) is 15.3. The predicted molar refractivity (Wildman–Crippen MR) is 107 cm³/mol. The standard InChI is InChI=1S/C19H18N2O5S2/c1-4-11-21-16-10-5-13(18(22)26-3)12-17(16)27-19(21)20-28(23,24)15-8-6-14(25-2)7-9-15/h4-10,12H,1,11H2,2-3H3/b20-19-. The van der Waals surface area contributed by atoms with Crippen LogP contribution in [0.4, 0.5) is 0 Å². The van der Waals surface area contributed by atoms with Crippen LogP contribution in [0.15, 0.2) is 64.4 Å². The number of ether oxygens (including phenoxy) is 2. The Labute approximate surface area is 166 Å². The molecule has 1 aromatic heterocycles. The van der Waals surface area contributed by atoms with Gasteiger partial charge in [0.05, 0.1) is 34.9 Å². The van der Waals surface area contributed by atoms with Crippen LogP contribution < -0.4 is 9.54 Å². The van der Waals surface area contributed by atoms with Gasteiger partial charge in [-0.15, -0.1) is 11.0 Å². The predicted octanol–water partition coefficient (Wildman–Crippen LogP) is 2.97. The van der Waals surface area contributed by atoms with Crippen LogP contribution in [0.25, 0.3) is 10.2 Å². The van der Waals surface area contributed by atoms with Gasteiger partial charge >= 0.3 is 5.97 Å². The molecule has 146 valence electrons. The van der Waals surface area contributed by atoms with Gasteiger partial charge in [-0.25, -0.2) is 4.79 Å². The molecule has 2 aromatic carbocycles. The van der Waals surface area contributed by atoms with Crippen molar-refractivity contribution in [2.45, 2.75) is 11.4 Å². The van der Waals surface area contributed by atoms with Gasteiger partial charge in [-0.05, 0) is 42.5 Å². The number of hydrogen-bond donors (Lipinski definition) is 0. The average molecular weight is 418 g/mol. The lowest BCUT2D eigenvalue weighted by Crippen LogP contribution is -2.16. The number of esters is 1. The van der Waals surface area contributed by atoms with Gasteiger partial charge in [0.2, 0.25) is 4.80 Å². The van der Waals surface area contributed by atoms with Gasteiger partial charge in [-0.3, -0.25) is 0 Å². The van der Waals surface area contributed by atoms with E-state index in [0.29, 0.717) is 22.6 Å². The first-order valence-corrected chi connectivity index (χ1v) is 10.4. The molecule has 0 bridgehead atoms. The summed E-state index contributed by atoms with van der Waals surface area (Å²) in [5.41, 5.74) is 1.13. The van der Waals surface area contributed by atoms with Gasteiger partial charge in [0.1, 0.15) is 5.75 Å². The number of allylic oxidation sites excluding steroid dienone is 1. The molecule has 0 saturated heterocycles. The van der Waals surface area contributed by atoms with E-state index in [2.05, 4.69) is 11.0 Å². The van der Waals surface area contributed by atoms with Crippen LogP contribution in [0.3, 0.4) is 0 Å². The molecule has 0 unspecified atom stereocenters. The van der Waals surface area contributed by atoms with Crippen LogP contribution in [-0.2, 0) is 21.3 Å². The summed E-state index contributed by atoms with van der Waals surface area (Å²) in [5, 5.41) is 0. The summed E-state index contributed by atoms with van der Waals surface area (Å²) in [6.45, 7) is 4.09. The smallest absolute Gasteiger partial charge is 0.337 e. The summed E-state index contributed by atoms with van der Waals surface area (Å²) >= 11 is 1.17. The highest BCUT2D eigenvalue weighted by Gasteiger charge is 2.16. The highest BCUT2D eigenvalue weighted by Crippen LogP contribution is 2.21. The fourth-order valence-electron chi connectivity index (χ4n) is 2.60. The topological polar surface area (TPSA) is 87.0 Å². The minimum absolute atomic E-state index is 0.0613. The molecular formula is C19H18N2O5S2. The van der Waals surface area contributed by atoms with Gasteiger partial charge in [0, 0.05) is 6.54 Å². The molecule has 9 heteroatoms.